The van der Waals surface area contributed by atoms with Gasteiger partial charge in [0.2, 0.25) is 0 Å². The maximum atomic E-state index is 6.34. The topological polar surface area (TPSA) is 118 Å². The molecule has 0 amide bonds. The van der Waals surface area contributed by atoms with Gasteiger partial charge in [-0.3, -0.25) is 0 Å². The predicted molar refractivity (Wildman–Crippen MR) is 189 cm³/mol. The third kappa shape index (κ3) is 9.33. The molecule has 4 aromatic carbocycles. The van der Waals surface area contributed by atoms with Gasteiger partial charge in [-0.05, 0) is 48.5 Å². The summed E-state index contributed by atoms with van der Waals surface area (Å²) in [5.74, 6) is 4.59. The van der Waals surface area contributed by atoms with Crippen LogP contribution < -0.4 is 37.9 Å². The molecule has 0 fully saturated rings. The molecule has 0 N–H and O–H groups in total. The molecule has 12 heteroatoms. The van der Waals surface area contributed by atoms with Crippen LogP contribution in [0.2, 0.25) is 0 Å². The SMILES string of the molecule is c1ccc2c(c1)OCCOCCOc1ccccc1OCc1nc3c(nc1CO2)COc1ccccc1OCCOCCOc1ccccc1OC3. The second-order valence-corrected chi connectivity index (χ2v) is 11.6. The van der Waals surface area contributed by atoms with Crippen LogP contribution in [0.1, 0.15) is 22.8 Å². The summed E-state index contributed by atoms with van der Waals surface area (Å²) >= 11 is 0. The fourth-order valence-corrected chi connectivity index (χ4v) is 5.43. The van der Waals surface area contributed by atoms with E-state index in [0.29, 0.717) is 122 Å². The van der Waals surface area contributed by atoms with Crippen LogP contribution in [-0.4, -0.2) is 62.8 Å². The molecular weight excluding hydrogens is 668 g/mol. The van der Waals surface area contributed by atoms with E-state index in [0.717, 1.165) is 0 Å². The molecule has 5 aromatic rings. The van der Waals surface area contributed by atoms with Crippen LogP contribution in [0.25, 0.3) is 0 Å². The van der Waals surface area contributed by atoms with E-state index in [9.17, 15) is 0 Å². The molecule has 270 valence electrons. The molecule has 0 saturated heterocycles. The highest BCUT2D eigenvalue weighted by molar-refractivity contribution is 5.42. The highest BCUT2D eigenvalue weighted by atomic mass is 16.6. The predicted octanol–water partition coefficient (Wildman–Crippen LogP) is 6.37. The number of fused-ring (bicyclic) bond motifs is 6. The van der Waals surface area contributed by atoms with E-state index in [4.69, 9.17) is 57.3 Å². The fourth-order valence-electron chi connectivity index (χ4n) is 5.43. The quantitative estimate of drug-likeness (QED) is 0.178. The average molecular weight is 709 g/mol. The Morgan fingerprint density at radius 3 is 0.712 bits per heavy atom. The van der Waals surface area contributed by atoms with Crippen LogP contribution in [-0.2, 0) is 35.9 Å². The lowest BCUT2D eigenvalue weighted by atomic mass is 10.2. The standard InChI is InChI=1S/C40H40N2O10/c1-5-13-37-33(9-1)45-21-17-43-18-22-46-34-10-2-6-14-38(34)50-26-30-29(25-49-37)41-31-27-51-39-15-7-3-11-35(39)47-23-19-44-20-24-48-36-12-4-8-16-40(36)52-28-32(31)42-30/h1-16H,17-28H2. The number of aromatic nitrogens is 2. The van der Waals surface area contributed by atoms with Crippen LogP contribution in [0, 0.1) is 0 Å². The summed E-state index contributed by atoms with van der Waals surface area (Å²) in [5, 5.41) is 0. The van der Waals surface area contributed by atoms with Gasteiger partial charge in [0.05, 0.1) is 26.4 Å². The van der Waals surface area contributed by atoms with E-state index in [1.165, 1.54) is 0 Å². The zero-order chi connectivity index (χ0) is 35.2. The van der Waals surface area contributed by atoms with Crippen molar-refractivity contribution in [2.24, 2.45) is 0 Å². The summed E-state index contributed by atoms with van der Waals surface area (Å²) in [5.41, 5.74) is 2.22. The molecule has 2 aliphatic heterocycles. The second-order valence-electron chi connectivity index (χ2n) is 11.6. The van der Waals surface area contributed by atoms with Crippen molar-refractivity contribution in [3.63, 3.8) is 0 Å². The molecule has 1 aromatic heterocycles. The van der Waals surface area contributed by atoms with Gasteiger partial charge in [-0.2, -0.15) is 0 Å². The summed E-state index contributed by atoms with van der Waals surface area (Å²) < 4.78 is 60.9. The first kappa shape index (κ1) is 34.7. The number of hydrogen-bond acceptors (Lipinski definition) is 12. The normalized spacial score (nSPS) is 15.8. The molecular formula is C40H40N2O10. The number of ether oxygens (including phenoxy) is 10. The summed E-state index contributed by atoms with van der Waals surface area (Å²) in [7, 11) is 0. The summed E-state index contributed by atoms with van der Waals surface area (Å²) in [6.07, 6.45) is 0. The van der Waals surface area contributed by atoms with Crippen molar-refractivity contribution in [1.29, 1.82) is 0 Å². The van der Waals surface area contributed by atoms with Crippen LogP contribution >= 0.6 is 0 Å². The van der Waals surface area contributed by atoms with Crippen molar-refractivity contribution >= 4 is 0 Å². The summed E-state index contributed by atoms with van der Waals surface area (Å²) in [6.45, 7) is 3.21. The Bertz CT molecular complexity index is 1640. The van der Waals surface area contributed by atoms with E-state index in [2.05, 4.69) is 0 Å². The first-order valence-electron chi connectivity index (χ1n) is 17.2. The number of hydrogen-bond donors (Lipinski definition) is 0. The smallest absolute Gasteiger partial charge is 0.161 e. The Kier molecular flexibility index (Phi) is 12.0. The Balaban J connectivity index is 1.26. The van der Waals surface area contributed by atoms with Gasteiger partial charge < -0.3 is 47.4 Å². The molecule has 0 unspecified atom stereocenters. The lowest BCUT2D eigenvalue weighted by Gasteiger charge is -2.19. The number of para-hydroxylation sites is 8. The largest absolute Gasteiger partial charge is 0.487 e. The van der Waals surface area contributed by atoms with E-state index in [1.807, 2.05) is 97.1 Å². The maximum Gasteiger partial charge on any atom is 0.161 e. The Hall–Kier alpha value is -5.72. The van der Waals surface area contributed by atoms with Gasteiger partial charge in [-0.1, -0.05) is 48.5 Å². The van der Waals surface area contributed by atoms with E-state index in [1.54, 1.807) is 0 Å². The number of rotatable bonds is 0. The van der Waals surface area contributed by atoms with Crippen molar-refractivity contribution in [3.05, 3.63) is 120 Å². The van der Waals surface area contributed by atoms with Crippen LogP contribution in [0.3, 0.4) is 0 Å². The Morgan fingerprint density at radius 1 is 0.269 bits per heavy atom. The minimum absolute atomic E-state index is 0.0746. The van der Waals surface area contributed by atoms with Gasteiger partial charge in [-0.25, -0.2) is 9.97 Å². The van der Waals surface area contributed by atoms with Crippen LogP contribution in [0.15, 0.2) is 97.1 Å². The first-order chi connectivity index (χ1) is 25.8. The number of nitrogens with zero attached hydrogens (tertiary/aromatic N) is 2. The molecule has 0 atom stereocenters. The summed E-state index contributed by atoms with van der Waals surface area (Å²) in [6, 6.07) is 29.9. The molecule has 7 rings (SSSR count). The average Bonchev–Trinajstić information content (AvgIpc) is 3.18. The maximum absolute atomic E-state index is 6.34. The van der Waals surface area contributed by atoms with Gasteiger partial charge in [-0.15, -0.1) is 0 Å². The van der Waals surface area contributed by atoms with E-state index >= 15 is 0 Å². The molecule has 0 bridgehead atoms. The minimum Gasteiger partial charge on any atom is -0.487 e. The minimum atomic E-state index is 0.0746. The van der Waals surface area contributed by atoms with Crippen LogP contribution in [0.5, 0.6) is 46.0 Å². The lowest BCUT2D eigenvalue weighted by molar-refractivity contribution is 0.0745. The Labute approximate surface area is 302 Å². The van der Waals surface area contributed by atoms with Crippen LogP contribution in [0.4, 0.5) is 0 Å². The monoisotopic (exact) mass is 708 g/mol. The molecule has 52 heavy (non-hydrogen) atoms. The van der Waals surface area contributed by atoms with Gasteiger partial charge in [0, 0.05) is 0 Å². The van der Waals surface area contributed by atoms with Crippen molar-refractivity contribution < 1.29 is 47.4 Å². The third-order valence-electron chi connectivity index (χ3n) is 8.00. The van der Waals surface area contributed by atoms with Gasteiger partial charge in [0.25, 0.3) is 0 Å². The van der Waals surface area contributed by atoms with Gasteiger partial charge in [0.15, 0.2) is 46.0 Å². The summed E-state index contributed by atoms with van der Waals surface area (Å²) in [4.78, 5) is 10.2. The Morgan fingerprint density at radius 2 is 0.481 bits per heavy atom. The molecule has 0 radical (unpaired) electrons. The van der Waals surface area contributed by atoms with E-state index in [-0.39, 0.29) is 26.4 Å². The molecule has 12 nitrogen and oxygen atoms in total. The van der Waals surface area contributed by atoms with Crippen molar-refractivity contribution in [2.75, 3.05) is 52.9 Å². The fraction of sp³-hybridized carbons (Fsp3) is 0.300. The molecule has 3 heterocycles. The molecule has 0 saturated carbocycles. The third-order valence-corrected chi connectivity index (χ3v) is 8.00. The lowest BCUT2D eigenvalue weighted by Crippen LogP contribution is -2.17. The highest BCUT2D eigenvalue weighted by Crippen LogP contribution is 2.32. The molecule has 0 aliphatic carbocycles. The van der Waals surface area contributed by atoms with Gasteiger partial charge in [0.1, 0.15) is 75.6 Å². The first-order valence-corrected chi connectivity index (χ1v) is 17.2. The zero-order valence-corrected chi connectivity index (χ0v) is 28.7. The molecule has 0 spiro atoms. The zero-order valence-electron chi connectivity index (χ0n) is 28.7. The van der Waals surface area contributed by atoms with Crippen molar-refractivity contribution in [2.45, 2.75) is 26.4 Å². The number of benzene rings is 4. The van der Waals surface area contributed by atoms with Crippen molar-refractivity contribution in [1.82, 2.24) is 9.97 Å². The molecule has 2 aliphatic rings. The second kappa shape index (κ2) is 18.0. The van der Waals surface area contributed by atoms with E-state index < -0.39 is 0 Å². The van der Waals surface area contributed by atoms with Gasteiger partial charge >= 0.3 is 0 Å². The van der Waals surface area contributed by atoms with Crippen molar-refractivity contribution in [3.8, 4) is 46.0 Å². The highest BCUT2D eigenvalue weighted by Gasteiger charge is 2.20.